The highest BCUT2D eigenvalue weighted by molar-refractivity contribution is 8.23. The maximum absolute atomic E-state index is 6.09. The van der Waals surface area contributed by atoms with Crippen LogP contribution in [-0.4, -0.2) is 21.0 Å². The molecule has 0 aromatic heterocycles. The van der Waals surface area contributed by atoms with E-state index in [1.807, 2.05) is 11.8 Å². The monoisotopic (exact) mass is 796 g/mol. The van der Waals surface area contributed by atoms with Gasteiger partial charge in [-0.15, -0.1) is 11.8 Å². The Balaban J connectivity index is 4.24. The zero-order valence-corrected chi connectivity index (χ0v) is 39.3. The second-order valence-electron chi connectivity index (χ2n) is 17.1. The van der Waals surface area contributed by atoms with E-state index >= 15 is 0 Å². The van der Waals surface area contributed by atoms with E-state index in [2.05, 4.69) is 33.0 Å². The van der Waals surface area contributed by atoms with Crippen molar-refractivity contribution in [2.45, 2.75) is 290 Å². The van der Waals surface area contributed by atoms with Crippen LogP contribution in [0.5, 0.6) is 0 Å². The summed E-state index contributed by atoms with van der Waals surface area (Å²) in [5.74, 6) is 0.561. The van der Waals surface area contributed by atoms with Crippen LogP contribution in [0.1, 0.15) is 285 Å². The first kappa shape index (κ1) is 53.3. The molecule has 0 spiro atoms. The molecule has 0 fully saturated rings. The zero-order valence-electron chi connectivity index (χ0n) is 36.9. The van der Waals surface area contributed by atoms with E-state index in [4.69, 9.17) is 24.4 Å². The molecule has 0 aliphatic rings. The molecule has 0 aliphatic heterocycles. The lowest BCUT2D eigenvalue weighted by atomic mass is 9.93. The molecule has 0 amide bonds. The van der Waals surface area contributed by atoms with Crippen molar-refractivity contribution in [2.75, 3.05) is 6.54 Å². The fourth-order valence-corrected chi connectivity index (χ4v) is 9.70. The Morgan fingerprint density at radius 2 is 0.660 bits per heavy atom. The van der Waals surface area contributed by atoms with Gasteiger partial charge < -0.3 is 5.32 Å². The van der Waals surface area contributed by atoms with Crippen LogP contribution in [0.2, 0.25) is 0 Å². The van der Waals surface area contributed by atoms with Crippen molar-refractivity contribution < 1.29 is 0 Å². The average Bonchev–Trinajstić information content (AvgIpc) is 3.15. The lowest BCUT2D eigenvalue weighted by molar-refractivity contribution is 0.474. The van der Waals surface area contributed by atoms with Gasteiger partial charge in [0.1, 0.15) is 0 Å². The van der Waals surface area contributed by atoms with Crippen LogP contribution < -0.4 is 5.32 Å². The van der Waals surface area contributed by atoms with Gasteiger partial charge in [-0.3, -0.25) is 0 Å². The summed E-state index contributed by atoms with van der Waals surface area (Å²) in [4.78, 5) is 1.14. The summed E-state index contributed by atoms with van der Waals surface area (Å²) in [6.45, 7) is 10.2. The number of hydrogen-bond donors (Lipinski definition) is 1. The maximum atomic E-state index is 6.09. The summed E-state index contributed by atoms with van der Waals surface area (Å²) >= 11 is 13.8. The highest BCUT2D eigenvalue weighted by Gasteiger charge is 2.16. The number of hydrogen-bond acceptors (Lipinski definition) is 3. The topological polar surface area (TPSA) is 12.0 Å². The van der Waals surface area contributed by atoms with Gasteiger partial charge in [0.25, 0.3) is 0 Å². The summed E-state index contributed by atoms with van der Waals surface area (Å²) in [6, 6.07) is 0. The lowest BCUT2D eigenvalue weighted by Gasteiger charge is -2.21. The summed E-state index contributed by atoms with van der Waals surface area (Å²) in [7, 11) is 0. The minimum absolute atomic E-state index is 0.487. The molecule has 0 aromatic carbocycles. The summed E-state index contributed by atoms with van der Waals surface area (Å²) in [6.07, 6.45) is 56.0. The molecule has 53 heavy (non-hydrogen) atoms. The molecule has 316 valence electrons. The van der Waals surface area contributed by atoms with Crippen LogP contribution in [0, 0.1) is 5.92 Å². The highest BCUT2D eigenvalue weighted by Crippen LogP contribution is 2.23. The van der Waals surface area contributed by atoms with Crippen LogP contribution in [0.25, 0.3) is 0 Å². The molecule has 1 nitrogen and oxygen atoms in total. The van der Waals surface area contributed by atoms with E-state index in [0.29, 0.717) is 11.2 Å². The molecule has 1 N–H and O–H groups in total. The minimum Gasteiger partial charge on any atom is -0.378 e. The van der Waals surface area contributed by atoms with E-state index in [1.54, 1.807) is 0 Å². The predicted octanol–water partition coefficient (Wildman–Crippen LogP) is 18.6. The molecule has 0 radical (unpaired) electrons. The van der Waals surface area contributed by atoms with Gasteiger partial charge in [0.05, 0.1) is 4.99 Å². The van der Waals surface area contributed by atoms with Crippen molar-refractivity contribution in [3.63, 3.8) is 0 Å². The molecule has 0 heterocycles. The predicted molar refractivity (Wildman–Crippen MR) is 255 cm³/mol. The summed E-state index contributed by atoms with van der Waals surface area (Å²) in [5, 5.41) is 4.23. The first-order valence-electron chi connectivity index (χ1n) is 24.5. The molecule has 0 aromatic rings. The third-order valence-electron chi connectivity index (χ3n) is 11.6. The second-order valence-corrected chi connectivity index (χ2v) is 19.8. The fraction of sp³-hybridized carbons (Fsp3) is 0.959. The molecule has 0 rings (SSSR count). The van der Waals surface area contributed by atoms with Crippen LogP contribution >= 0.6 is 36.2 Å². The molecule has 0 saturated carbocycles. The Labute approximate surface area is 351 Å². The van der Waals surface area contributed by atoms with Gasteiger partial charge in [-0.2, -0.15) is 0 Å². The Morgan fingerprint density at radius 1 is 0.396 bits per heavy atom. The number of thioether (sulfide) groups is 1. The molecule has 4 heteroatoms. The normalized spacial score (nSPS) is 12.2. The van der Waals surface area contributed by atoms with Crippen molar-refractivity contribution in [1.82, 2.24) is 5.32 Å². The van der Waals surface area contributed by atoms with Crippen molar-refractivity contribution in [3.8, 4) is 0 Å². The SMILES string of the molecule is CCCCCCCCCCCCCCCC(=S)SC(C)CNC(=S)C(CCCCCCCCCCCCCC)CCCCCCCCCCCCCC. The highest BCUT2D eigenvalue weighted by atomic mass is 32.2. The van der Waals surface area contributed by atoms with Gasteiger partial charge in [-0.25, -0.2) is 0 Å². The minimum atomic E-state index is 0.487. The summed E-state index contributed by atoms with van der Waals surface area (Å²) in [5.41, 5.74) is 0. The second kappa shape index (κ2) is 45.0. The van der Waals surface area contributed by atoms with Gasteiger partial charge in [-0.05, 0) is 25.7 Å². The van der Waals surface area contributed by atoms with E-state index in [1.165, 1.54) is 255 Å². The summed E-state index contributed by atoms with van der Waals surface area (Å²) < 4.78 is 1.21. The molecule has 1 atom stereocenters. The maximum Gasteiger partial charge on any atom is 0.0785 e. The Bertz CT molecular complexity index is 711. The smallest absolute Gasteiger partial charge is 0.0785 e. The molecule has 1 unspecified atom stereocenters. The van der Waals surface area contributed by atoms with Gasteiger partial charge >= 0.3 is 0 Å². The molecular formula is C49H97NS3. The Kier molecular flexibility index (Phi) is 45.3. The van der Waals surface area contributed by atoms with Gasteiger partial charge in [0, 0.05) is 21.9 Å². The average molecular weight is 797 g/mol. The molecule has 0 aliphatic carbocycles. The first-order valence-corrected chi connectivity index (χ1v) is 26.2. The first-order chi connectivity index (χ1) is 26.0. The van der Waals surface area contributed by atoms with Crippen LogP contribution in [0.3, 0.4) is 0 Å². The molecule has 0 bridgehead atoms. The third kappa shape index (κ3) is 41.8. The van der Waals surface area contributed by atoms with E-state index < -0.39 is 0 Å². The molecule has 0 saturated heterocycles. The van der Waals surface area contributed by atoms with Crippen LogP contribution in [-0.2, 0) is 0 Å². The van der Waals surface area contributed by atoms with E-state index in [0.717, 1.165) is 18.0 Å². The van der Waals surface area contributed by atoms with Crippen LogP contribution in [0.15, 0.2) is 0 Å². The standard InChI is InChI=1S/C49H97NS3/c1-5-8-11-14-17-20-23-26-29-32-35-38-41-44-48(51)53-46(4)45-50-49(52)47(42-39-36-33-30-27-24-21-18-15-12-9-6-2)43-40-37-34-31-28-25-22-19-16-13-10-7-3/h46-47H,5-45H2,1-4H3,(H,50,52). The van der Waals surface area contributed by atoms with Crippen molar-refractivity contribution in [2.24, 2.45) is 5.92 Å². The number of nitrogens with one attached hydrogen (secondary N) is 1. The van der Waals surface area contributed by atoms with E-state index in [9.17, 15) is 0 Å². The third-order valence-corrected chi connectivity index (χ3v) is 13.6. The quantitative estimate of drug-likeness (QED) is 0.0487. The van der Waals surface area contributed by atoms with Gasteiger partial charge in [-0.1, -0.05) is 283 Å². The van der Waals surface area contributed by atoms with Crippen molar-refractivity contribution >= 4 is 45.4 Å². The van der Waals surface area contributed by atoms with Gasteiger partial charge in [0.2, 0.25) is 0 Å². The van der Waals surface area contributed by atoms with Gasteiger partial charge in [0.15, 0.2) is 0 Å². The fourth-order valence-electron chi connectivity index (χ4n) is 7.87. The van der Waals surface area contributed by atoms with Crippen molar-refractivity contribution in [3.05, 3.63) is 0 Å². The van der Waals surface area contributed by atoms with E-state index in [-0.39, 0.29) is 0 Å². The number of unbranched alkanes of at least 4 members (excludes halogenated alkanes) is 34. The van der Waals surface area contributed by atoms with Crippen LogP contribution in [0.4, 0.5) is 0 Å². The van der Waals surface area contributed by atoms with Crippen molar-refractivity contribution in [1.29, 1.82) is 0 Å². The lowest BCUT2D eigenvalue weighted by Crippen LogP contribution is -2.33. The largest absolute Gasteiger partial charge is 0.378 e. The molecular weight excluding hydrogens is 699 g/mol. The zero-order chi connectivity index (χ0) is 38.7. The number of rotatable bonds is 44. The Morgan fingerprint density at radius 3 is 0.962 bits per heavy atom. The number of thiocarbonyl (C=S) groups is 2. The Hall–Kier alpha value is 0.330.